The van der Waals surface area contributed by atoms with Crippen LogP contribution in [0.4, 0.5) is 8.78 Å². The van der Waals surface area contributed by atoms with E-state index in [4.69, 9.17) is 4.74 Å². The van der Waals surface area contributed by atoms with E-state index in [1.54, 1.807) is 19.1 Å². The third-order valence-corrected chi connectivity index (χ3v) is 3.45. The average molecular weight is 252 g/mol. The van der Waals surface area contributed by atoms with Crippen LogP contribution in [-0.4, -0.2) is 0 Å². The molecule has 0 atom stereocenters. The largest absolute Gasteiger partial charge is 0.462 e. The van der Waals surface area contributed by atoms with Gasteiger partial charge in [0, 0.05) is 0 Å². The number of hydrogen-bond acceptors (Lipinski definition) is 1. The van der Waals surface area contributed by atoms with Gasteiger partial charge in [0.1, 0.15) is 0 Å². The van der Waals surface area contributed by atoms with Crippen molar-refractivity contribution in [2.75, 3.05) is 0 Å². The Balaban J connectivity index is 2.24. The second-order valence-electron chi connectivity index (χ2n) is 4.70. The minimum Gasteiger partial charge on any atom is -0.462 e. The van der Waals surface area contributed by atoms with E-state index in [2.05, 4.69) is 0 Å². The summed E-state index contributed by atoms with van der Waals surface area (Å²) in [5, 5.41) is 0. The highest BCUT2D eigenvalue weighted by atomic mass is 19.2. The van der Waals surface area contributed by atoms with Gasteiger partial charge < -0.3 is 4.74 Å². The predicted molar refractivity (Wildman–Crippen MR) is 67.6 cm³/mol. The van der Waals surface area contributed by atoms with Crippen LogP contribution in [0.15, 0.2) is 24.5 Å². The van der Waals surface area contributed by atoms with Gasteiger partial charge in [0.05, 0.1) is 6.26 Å². The summed E-state index contributed by atoms with van der Waals surface area (Å²) in [6, 6.07) is 3.18. The molecule has 1 aliphatic carbocycles. The van der Waals surface area contributed by atoms with Crippen molar-refractivity contribution in [1.29, 1.82) is 0 Å². The van der Waals surface area contributed by atoms with E-state index in [1.807, 2.05) is 0 Å². The molecule has 0 aromatic heterocycles. The van der Waals surface area contributed by atoms with Gasteiger partial charge >= 0.3 is 0 Å². The van der Waals surface area contributed by atoms with Gasteiger partial charge in [-0.25, -0.2) is 4.39 Å². The van der Waals surface area contributed by atoms with E-state index in [0.717, 1.165) is 25.7 Å². The molecular formula is C15H18F2O. The van der Waals surface area contributed by atoms with E-state index in [-0.39, 0.29) is 11.7 Å². The molecule has 0 N–H and O–H groups in total. The number of halogens is 2. The molecule has 0 heterocycles. The molecule has 1 saturated carbocycles. The maximum absolute atomic E-state index is 14.0. The van der Waals surface area contributed by atoms with Crippen molar-refractivity contribution in [1.82, 2.24) is 0 Å². The number of rotatable bonds is 3. The zero-order valence-corrected chi connectivity index (χ0v) is 10.6. The highest BCUT2D eigenvalue weighted by Gasteiger charge is 2.22. The second kappa shape index (κ2) is 5.98. The zero-order valence-electron chi connectivity index (χ0n) is 10.6. The molecule has 0 radical (unpaired) electrons. The highest BCUT2D eigenvalue weighted by molar-refractivity contribution is 5.33. The van der Waals surface area contributed by atoms with E-state index in [1.165, 1.54) is 18.7 Å². The van der Waals surface area contributed by atoms with Crippen molar-refractivity contribution in [3.8, 4) is 5.75 Å². The maximum Gasteiger partial charge on any atom is 0.201 e. The van der Waals surface area contributed by atoms with Crippen LogP contribution >= 0.6 is 0 Å². The molecule has 1 aromatic carbocycles. The summed E-state index contributed by atoms with van der Waals surface area (Å²) in [7, 11) is 0. The molecular weight excluding hydrogens is 234 g/mol. The van der Waals surface area contributed by atoms with Gasteiger partial charge in [0.15, 0.2) is 11.6 Å². The van der Waals surface area contributed by atoms with Crippen molar-refractivity contribution in [2.45, 2.75) is 44.9 Å². The number of benzene rings is 1. The van der Waals surface area contributed by atoms with Gasteiger partial charge in [-0.15, -0.1) is 0 Å². The molecule has 1 nitrogen and oxygen atoms in total. The summed E-state index contributed by atoms with van der Waals surface area (Å²) < 4.78 is 32.8. The highest BCUT2D eigenvalue weighted by Crippen LogP contribution is 2.36. The van der Waals surface area contributed by atoms with Gasteiger partial charge in [0.25, 0.3) is 0 Å². The normalized spacial score (nSPS) is 17.3. The van der Waals surface area contributed by atoms with Gasteiger partial charge in [-0.3, -0.25) is 0 Å². The monoisotopic (exact) mass is 252 g/mol. The van der Waals surface area contributed by atoms with Crippen LogP contribution in [-0.2, 0) is 0 Å². The molecule has 0 spiro atoms. The Kier molecular flexibility index (Phi) is 4.34. The molecule has 98 valence electrons. The first-order valence-corrected chi connectivity index (χ1v) is 6.49. The number of hydrogen-bond donors (Lipinski definition) is 0. The molecule has 0 aliphatic heterocycles. The fraction of sp³-hybridized carbons (Fsp3) is 0.467. The summed E-state index contributed by atoms with van der Waals surface area (Å²) in [5.41, 5.74) is 0.500. The third kappa shape index (κ3) is 2.71. The fourth-order valence-corrected chi connectivity index (χ4v) is 2.51. The van der Waals surface area contributed by atoms with Crippen molar-refractivity contribution in [3.63, 3.8) is 0 Å². The first-order valence-electron chi connectivity index (χ1n) is 6.49. The lowest BCUT2D eigenvalue weighted by Crippen LogP contribution is -2.08. The quantitative estimate of drug-likeness (QED) is 0.693. The summed E-state index contributed by atoms with van der Waals surface area (Å²) in [6.07, 6.45) is 8.27. The van der Waals surface area contributed by atoms with Crippen molar-refractivity contribution >= 4 is 0 Å². The topological polar surface area (TPSA) is 9.23 Å². The van der Waals surface area contributed by atoms with Gasteiger partial charge in [-0.1, -0.05) is 31.4 Å². The minimum atomic E-state index is -0.879. The second-order valence-corrected chi connectivity index (χ2v) is 4.70. The Morgan fingerprint density at radius 2 is 1.83 bits per heavy atom. The van der Waals surface area contributed by atoms with Crippen molar-refractivity contribution < 1.29 is 13.5 Å². The molecule has 0 bridgehead atoms. The Hall–Kier alpha value is -1.38. The zero-order chi connectivity index (χ0) is 13.0. The lowest BCUT2D eigenvalue weighted by Gasteiger charge is -2.22. The first-order chi connectivity index (χ1) is 8.74. The first kappa shape index (κ1) is 13.1. The van der Waals surface area contributed by atoms with Crippen LogP contribution in [0.3, 0.4) is 0 Å². The molecule has 0 unspecified atom stereocenters. The third-order valence-electron chi connectivity index (χ3n) is 3.45. The molecule has 2 rings (SSSR count). The Labute approximate surface area is 106 Å². The van der Waals surface area contributed by atoms with E-state index in [0.29, 0.717) is 5.56 Å². The van der Waals surface area contributed by atoms with E-state index in [9.17, 15) is 8.78 Å². The van der Waals surface area contributed by atoms with Crippen LogP contribution in [0.25, 0.3) is 0 Å². The van der Waals surface area contributed by atoms with E-state index >= 15 is 0 Å². The Morgan fingerprint density at radius 3 is 2.50 bits per heavy atom. The Bertz CT molecular complexity index is 434. The summed E-state index contributed by atoms with van der Waals surface area (Å²) >= 11 is 0. The Morgan fingerprint density at radius 1 is 1.11 bits per heavy atom. The molecule has 1 fully saturated rings. The molecule has 1 aliphatic rings. The maximum atomic E-state index is 14.0. The summed E-state index contributed by atoms with van der Waals surface area (Å²) in [6.45, 7) is 1.75. The molecule has 0 saturated heterocycles. The van der Waals surface area contributed by atoms with Crippen LogP contribution in [0.2, 0.25) is 0 Å². The SMILES string of the molecule is C/C=C/Oc1ccc(C2CCCCC2)c(F)c1F. The predicted octanol–water partition coefficient (Wildman–Crippen LogP) is 4.92. The van der Waals surface area contributed by atoms with E-state index < -0.39 is 11.6 Å². The number of allylic oxidation sites excluding steroid dienone is 1. The summed E-state index contributed by atoms with van der Waals surface area (Å²) in [5.74, 6) is -1.52. The summed E-state index contributed by atoms with van der Waals surface area (Å²) in [4.78, 5) is 0. The van der Waals surface area contributed by atoms with Crippen molar-refractivity contribution in [2.24, 2.45) is 0 Å². The molecule has 1 aromatic rings. The standard InChI is InChI=1S/C15H18F2O/c1-2-10-18-13-9-8-12(14(16)15(13)17)11-6-4-3-5-7-11/h2,8-11H,3-7H2,1H3/b10-2+. The van der Waals surface area contributed by atoms with Gasteiger partial charge in [-0.2, -0.15) is 4.39 Å². The smallest absolute Gasteiger partial charge is 0.201 e. The van der Waals surface area contributed by atoms with Crippen molar-refractivity contribution in [3.05, 3.63) is 41.7 Å². The molecule has 3 heteroatoms. The average Bonchev–Trinajstić information content (AvgIpc) is 2.41. The van der Waals surface area contributed by atoms with Gasteiger partial charge in [-0.05, 0) is 37.3 Å². The lowest BCUT2D eigenvalue weighted by molar-refractivity contribution is 0.392. The number of ether oxygens (including phenoxy) is 1. The molecule has 0 amide bonds. The van der Waals surface area contributed by atoms with Crippen LogP contribution in [0.5, 0.6) is 5.75 Å². The minimum absolute atomic E-state index is 0.0508. The van der Waals surface area contributed by atoms with Crippen LogP contribution in [0, 0.1) is 11.6 Å². The van der Waals surface area contributed by atoms with Gasteiger partial charge in [0.2, 0.25) is 5.82 Å². The fourth-order valence-electron chi connectivity index (χ4n) is 2.51. The lowest BCUT2D eigenvalue weighted by atomic mass is 9.84. The molecule has 18 heavy (non-hydrogen) atoms. The van der Waals surface area contributed by atoms with Crippen LogP contribution < -0.4 is 4.74 Å². The van der Waals surface area contributed by atoms with Crippen LogP contribution in [0.1, 0.15) is 50.5 Å².